The predicted octanol–water partition coefficient (Wildman–Crippen LogP) is 3.44. The standard InChI is InChI=1S/C13H16ClN3O/c1-7(2)8-4-5-10(18-3)9(6-8)11-12(14)17-13(15)16-11/h4-7H,1-3H3,(H3,15,16,17). The van der Waals surface area contributed by atoms with Crippen molar-refractivity contribution in [2.75, 3.05) is 12.8 Å². The van der Waals surface area contributed by atoms with Gasteiger partial charge in [0.2, 0.25) is 0 Å². The Bertz CT molecular complexity index is 563. The van der Waals surface area contributed by atoms with Crippen LogP contribution in [0.3, 0.4) is 0 Å². The van der Waals surface area contributed by atoms with Crippen LogP contribution in [0.15, 0.2) is 18.2 Å². The number of halogens is 1. The van der Waals surface area contributed by atoms with E-state index in [0.717, 1.165) is 11.3 Å². The molecule has 0 amide bonds. The first-order valence-electron chi connectivity index (χ1n) is 5.72. The van der Waals surface area contributed by atoms with Gasteiger partial charge >= 0.3 is 0 Å². The van der Waals surface area contributed by atoms with Crippen molar-refractivity contribution in [1.82, 2.24) is 9.97 Å². The molecule has 2 aromatic rings. The van der Waals surface area contributed by atoms with Crippen molar-refractivity contribution in [2.45, 2.75) is 19.8 Å². The first-order valence-corrected chi connectivity index (χ1v) is 6.10. The van der Waals surface area contributed by atoms with Crippen molar-refractivity contribution in [3.8, 4) is 17.0 Å². The summed E-state index contributed by atoms with van der Waals surface area (Å²) in [6.07, 6.45) is 0. The third-order valence-corrected chi connectivity index (χ3v) is 3.10. The molecule has 0 aliphatic carbocycles. The van der Waals surface area contributed by atoms with Crippen molar-refractivity contribution in [2.24, 2.45) is 0 Å². The van der Waals surface area contributed by atoms with Crippen LogP contribution in [0.5, 0.6) is 5.75 Å². The number of nitrogens with two attached hydrogens (primary N) is 1. The minimum atomic E-state index is 0.298. The highest BCUT2D eigenvalue weighted by atomic mass is 35.5. The summed E-state index contributed by atoms with van der Waals surface area (Å²) in [7, 11) is 1.62. The van der Waals surface area contributed by atoms with Gasteiger partial charge in [0.1, 0.15) is 16.6 Å². The molecule has 4 nitrogen and oxygen atoms in total. The van der Waals surface area contributed by atoms with E-state index in [1.807, 2.05) is 18.2 Å². The van der Waals surface area contributed by atoms with E-state index < -0.39 is 0 Å². The second-order valence-corrected chi connectivity index (χ2v) is 4.78. The van der Waals surface area contributed by atoms with Crippen LogP contribution in [0, 0.1) is 0 Å². The summed E-state index contributed by atoms with van der Waals surface area (Å²) < 4.78 is 5.35. The van der Waals surface area contributed by atoms with E-state index in [-0.39, 0.29) is 0 Å². The zero-order valence-electron chi connectivity index (χ0n) is 10.6. The van der Waals surface area contributed by atoms with E-state index >= 15 is 0 Å². The summed E-state index contributed by atoms with van der Waals surface area (Å²) in [6, 6.07) is 5.99. The number of methoxy groups -OCH3 is 1. The lowest BCUT2D eigenvalue weighted by molar-refractivity contribution is 0.416. The molecule has 1 aromatic heterocycles. The first kappa shape index (κ1) is 12.8. The fraction of sp³-hybridized carbons (Fsp3) is 0.308. The molecule has 0 fully saturated rings. The van der Waals surface area contributed by atoms with Crippen molar-refractivity contribution in [3.05, 3.63) is 28.9 Å². The Kier molecular flexibility index (Phi) is 3.48. The van der Waals surface area contributed by atoms with Crippen molar-refractivity contribution in [3.63, 3.8) is 0 Å². The van der Waals surface area contributed by atoms with E-state index in [9.17, 15) is 0 Å². The number of hydrogen-bond donors (Lipinski definition) is 2. The van der Waals surface area contributed by atoms with Crippen LogP contribution in [-0.2, 0) is 0 Å². The second kappa shape index (κ2) is 4.90. The molecule has 1 aromatic carbocycles. The Balaban J connectivity index is 2.60. The van der Waals surface area contributed by atoms with Crippen LogP contribution in [-0.4, -0.2) is 17.1 Å². The van der Waals surface area contributed by atoms with E-state index in [0.29, 0.717) is 22.7 Å². The average molecular weight is 266 g/mol. The summed E-state index contributed by atoms with van der Waals surface area (Å²) in [5, 5.41) is 0.423. The molecule has 0 spiro atoms. The monoisotopic (exact) mass is 265 g/mol. The van der Waals surface area contributed by atoms with Gasteiger partial charge < -0.3 is 15.5 Å². The third kappa shape index (κ3) is 2.29. The number of nitrogens with zero attached hydrogens (tertiary/aromatic N) is 1. The lowest BCUT2D eigenvalue weighted by atomic mass is 9.99. The smallest absolute Gasteiger partial charge is 0.199 e. The number of H-pyrrole nitrogens is 1. The predicted molar refractivity (Wildman–Crippen MR) is 74.1 cm³/mol. The number of nitrogens with one attached hydrogen (secondary N) is 1. The fourth-order valence-electron chi connectivity index (χ4n) is 1.82. The molecule has 0 unspecified atom stereocenters. The quantitative estimate of drug-likeness (QED) is 0.893. The number of rotatable bonds is 3. The summed E-state index contributed by atoms with van der Waals surface area (Å²) in [5.74, 6) is 1.45. The molecule has 0 bridgehead atoms. The van der Waals surface area contributed by atoms with Crippen LogP contribution in [0.4, 0.5) is 5.95 Å². The molecule has 0 aliphatic rings. The molecular formula is C13H16ClN3O. The fourth-order valence-corrected chi connectivity index (χ4v) is 2.06. The summed E-state index contributed by atoms with van der Waals surface area (Å²) in [5.41, 5.74) is 8.28. The Labute approximate surface area is 111 Å². The van der Waals surface area contributed by atoms with Gasteiger partial charge in [0.05, 0.1) is 7.11 Å². The second-order valence-electron chi connectivity index (χ2n) is 4.40. The number of anilines is 1. The van der Waals surface area contributed by atoms with Crippen molar-refractivity contribution < 1.29 is 4.74 Å². The Morgan fingerprint density at radius 3 is 2.61 bits per heavy atom. The normalized spacial score (nSPS) is 10.9. The van der Waals surface area contributed by atoms with Gasteiger partial charge in [-0.15, -0.1) is 0 Å². The topological polar surface area (TPSA) is 63.9 Å². The lowest BCUT2D eigenvalue weighted by Gasteiger charge is -2.11. The minimum absolute atomic E-state index is 0.298. The Hall–Kier alpha value is -1.68. The molecular weight excluding hydrogens is 250 g/mol. The largest absolute Gasteiger partial charge is 0.496 e. The maximum Gasteiger partial charge on any atom is 0.199 e. The van der Waals surface area contributed by atoms with Gasteiger partial charge in [0.25, 0.3) is 0 Å². The van der Waals surface area contributed by atoms with Crippen LogP contribution in [0.2, 0.25) is 5.15 Å². The average Bonchev–Trinajstić information content (AvgIpc) is 2.67. The molecule has 0 saturated heterocycles. The molecule has 3 N–H and O–H groups in total. The van der Waals surface area contributed by atoms with E-state index in [2.05, 4.69) is 23.8 Å². The SMILES string of the molecule is COc1ccc(C(C)C)cc1-c1nc(N)[nH]c1Cl. The molecule has 96 valence electrons. The maximum atomic E-state index is 6.09. The lowest BCUT2D eigenvalue weighted by Crippen LogP contribution is -1.93. The van der Waals surface area contributed by atoms with Crippen molar-refractivity contribution in [1.29, 1.82) is 0 Å². The van der Waals surface area contributed by atoms with Crippen LogP contribution in [0.1, 0.15) is 25.3 Å². The first-order chi connectivity index (χ1) is 8.52. The zero-order chi connectivity index (χ0) is 13.3. The van der Waals surface area contributed by atoms with E-state index in [4.69, 9.17) is 22.1 Å². The van der Waals surface area contributed by atoms with Gasteiger partial charge in [-0.1, -0.05) is 31.5 Å². The molecule has 1 heterocycles. The number of hydrogen-bond acceptors (Lipinski definition) is 3. The number of nitrogen functional groups attached to an aromatic ring is 1. The molecule has 0 atom stereocenters. The third-order valence-electron chi connectivity index (χ3n) is 2.82. The Morgan fingerprint density at radius 2 is 2.11 bits per heavy atom. The molecule has 5 heteroatoms. The summed E-state index contributed by atoms with van der Waals surface area (Å²) >= 11 is 6.09. The van der Waals surface area contributed by atoms with Gasteiger partial charge in [0.15, 0.2) is 5.95 Å². The van der Waals surface area contributed by atoms with Gasteiger partial charge in [-0.2, -0.15) is 0 Å². The van der Waals surface area contributed by atoms with Crippen molar-refractivity contribution >= 4 is 17.5 Å². The number of benzene rings is 1. The summed E-state index contributed by atoms with van der Waals surface area (Å²) in [6.45, 7) is 4.26. The summed E-state index contributed by atoms with van der Waals surface area (Å²) in [4.78, 5) is 6.98. The number of ether oxygens (including phenoxy) is 1. The van der Waals surface area contributed by atoms with Gasteiger partial charge in [-0.05, 0) is 23.6 Å². The van der Waals surface area contributed by atoms with Crippen LogP contribution >= 0.6 is 11.6 Å². The van der Waals surface area contributed by atoms with Gasteiger partial charge in [-0.3, -0.25) is 0 Å². The highest BCUT2D eigenvalue weighted by Crippen LogP contribution is 2.35. The molecule has 0 saturated carbocycles. The molecule has 2 rings (SSSR count). The van der Waals surface area contributed by atoms with Gasteiger partial charge in [0, 0.05) is 5.56 Å². The molecule has 0 aliphatic heterocycles. The molecule has 0 radical (unpaired) electrons. The van der Waals surface area contributed by atoms with Crippen LogP contribution < -0.4 is 10.5 Å². The van der Waals surface area contributed by atoms with Crippen LogP contribution in [0.25, 0.3) is 11.3 Å². The number of aromatic amines is 1. The molecule has 18 heavy (non-hydrogen) atoms. The maximum absolute atomic E-state index is 6.09. The highest BCUT2D eigenvalue weighted by molar-refractivity contribution is 6.32. The number of aromatic nitrogens is 2. The van der Waals surface area contributed by atoms with E-state index in [1.54, 1.807) is 7.11 Å². The van der Waals surface area contributed by atoms with Gasteiger partial charge in [-0.25, -0.2) is 4.98 Å². The highest BCUT2D eigenvalue weighted by Gasteiger charge is 2.15. The number of imidazole rings is 1. The Morgan fingerprint density at radius 1 is 1.39 bits per heavy atom. The minimum Gasteiger partial charge on any atom is -0.496 e. The van der Waals surface area contributed by atoms with E-state index in [1.165, 1.54) is 5.56 Å². The zero-order valence-corrected chi connectivity index (χ0v) is 11.4.